The Morgan fingerprint density at radius 3 is 2.56 bits per heavy atom. The second-order valence-corrected chi connectivity index (χ2v) is 5.91. The number of primary sulfonamides is 1. The number of sulfonamides is 1. The van der Waals surface area contributed by atoms with Crippen molar-refractivity contribution in [2.45, 2.75) is 30.7 Å². The first kappa shape index (κ1) is 11.7. The number of halogens is 1. The fraction of sp³-hybridized carbons (Fsp3) is 0.400. The SMILES string of the molecule is Cc1ccc(NC2CC2)c(S(N)(=O)=O)c1Cl. The van der Waals surface area contributed by atoms with Crippen molar-refractivity contribution in [2.75, 3.05) is 5.32 Å². The van der Waals surface area contributed by atoms with Crippen LogP contribution in [0.15, 0.2) is 17.0 Å². The lowest BCUT2D eigenvalue weighted by Gasteiger charge is -2.12. The van der Waals surface area contributed by atoms with Crippen molar-refractivity contribution < 1.29 is 8.42 Å². The minimum atomic E-state index is -3.80. The molecule has 1 saturated carbocycles. The average Bonchev–Trinajstić information content (AvgIpc) is 2.93. The molecule has 1 aromatic rings. The van der Waals surface area contributed by atoms with E-state index in [4.69, 9.17) is 16.7 Å². The first-order valence-electron chi connectivity index (χ1n) is 4.98. The zero-order valence-electron chi connectivity index (χ0n) is 8.83. The maximum Gasteiger partial charge on any atom is 0.241 e. The lowest BCUT2D eigenvalue weighted by Crippen LogP contribution is -2.16. The third-order valence-corrected chi connectivity index (χ3v) is 4.10. The van der Waals surface area contributed by atoms with Gasteiger partial charge in [0, 0.05) is 6.04 Å². The summed E-state index contributed by atoms with van der Waals surface area (Å²) in [5, 5.41) is 8.49. The number of aryl methyl sites for hydroxylation is 1. The second kappa shape index (κ2) is 3.91. The van der Waals surface area contributed by atoms with Crippen molar-refractivity contribution in [1.82, 2.24) is 0 Å². The van der Waals surface area contributed by atoms with E-state index in [0.29, 0.717) is 17.3 Å². The monoisotopic (exact) mass is 260 g/mol. The molecule has 16 heavy (non-hydrogen) atoms. The Morgan fingerprint density at radius 1 is 1.44 bits per heavy atom. The van der Waals surface area contributed by atoms with Crippen LogP contribution in [0.2, 0.25) is 5.02 Å². The molecular weight excluding hydrogens is 248 g/mol. The van der Waals surface area contributed by atoms with Gasteiger partial charge in [-0.3, -0.25) is 0 Å². The van der Waals surface area contributed by atoms with Crippen LogP contribution in [-0.4, -0.2) is 14.5 Å². The first-order chi connectivity index (χ1) is 7.39. The molecule has 0 bridgehead atoms. The molecule has 1 aliphatic rings. The van der Waals surface area contributed by atoms with Gasteiger partial charge in [-0.25, -0.2) is 13.6 Å². The Kier molecular flexibility index (Phi) is 2.86. The highest BCUT2D eigenvalue weighted by molar-refractivity contribution is 7.89. The molecule has 1 aliphatic carbocycles. The number of rotatable bonds is 3. The van der Waals surface area contributed by atoms with Gasteiger partial charge in [0.1, 0.15) is 4.90 Å². The lowest BCUT2D eigenvalue weighted by atomic mass is 10.2. The van der Waals surface area contributed by atoms with Crippen molar-refractivity contribution >= 4 is 27.3 Å². The van der Waals surface area contributed by atoms with E-state index in [2.05, 4.69) is 5.32 Å². The topological polar surface area (TPSA) is 72.2 Å². The summed E-state index contributed by atoms with van der Waals surface area (Å²) in [4.78, 5) is 0.000988. The van der Waals surface area contributed by atoms with Crippen molar-refractivity contribution in [2.24, 2.45) is 5.14 Å². The number of nitrogens with one attached hydrogen (secondary N) is 1. The minimum Gasteiger partial charge on any atom is -0.381 e. The van der Waals surface area contributed by atoms with Crippen LogP contribution < -0.4 is 10.5 Å². The van der Waals surface area contributed by atoms with E-state index in [1.807, 2.05) is 0 Å². The maximum atomic E-state index is 11.5. The molecule has 2 rings (SSSR count). The van der Waals surface area contributed by atoms with E-state index in [9.17, 15) is 8.42 Å². The highest BCUT2D eigenvalue weighted by Crippen LogP contribution is 2.34. The molecule has 4 nitrogen and oxygen atoms in total. The average molecular weight is 261 g/mol. The Hall–Kier alpha value is -0.780. The largest absolute Gasteiger partial charge is 0.381 e. The normalized spacial score (nSPS) is 16.2. The van der Waals surface area contributed by atoms with Gasteiger partial charge in [-0.15, -0.1) is 0 Å². The van der Waals surface area contributed by atoms with E-state index in [-0.39, 0.29) is 9.92 Å². The van der Waals surface area contributed by atoms with Gasteiger partial charge in [-0.1, -0.05) is 17.7 Å². The molecule has 0 radical (unpaired) electrons. The van der Waals surface area contributed by atoms with Crippen molar-refractivity contribution in [3.05, 3.63) is 22.7 Å². The highest BCUT2D eigenvalue weighted by Gasteiger charge is 2.26. The number of anilines is 1. The first-order valence-corrected chi connectivity index (χ1v) is 6.90. The van der Waals surface area contributed by atoms with Crippen molar-refractivity contribution in [3.63, 3.8) is 0 Å². The standard InChI is InChI=1S/C10H13ClN2O2S/c1-6-2-5-8(13-7-3-4-7)10(9(6)11)16(12,14)15/h2,5,7,13H,3-4H2,1H3,(H2,12,14,15). The van der Waals surface area contributed by atoms with Gasteiger partial charge in [0.05, 0.1) is 10.7 Å². The molecule has 0 spiro atoms. The smallest absolute Gasteiger partial charge is 0.241 e. The van der Waals surface area contributed by atoms with E-state index in [1.54, 1.807) is 19.1 Å². The molecule has 0 unspecified atom stereocenters. The predicted octanol–water partition coefficient (Wildman–Crippen LogP) is 1.87. The van der Waals surface area contributed by atoms with Gasteiger partial charge < -0.3 is 5.32 Å². The van der Waals surface area contributed by atoms with Gasteiger partial charge in [0.15, 0.2) is 0 Å². The van der Waals surface area contributed by atoms with Gasteiger partial charge >= 0.3 is 0 Å². The number of hydrogen-bond acceptors (Lipinski definition) is 3. The maximum absolute atomic E-state index is 11.5. The minimum absolute atomic E-state index is 0.000988. The quantitative estimate of drug-likeness (QED) is 0.872. The fourth-order valence-corrected chi connectivity index (χ4v) is 2.83. The number of hydrogen-bond donors (Lipinski definition) is 2. The van der Waals surface area contributed by atoms with Gasteiger partial charge in [-0.05, 0) is 31.4 Å². The summed E-state index contributed by atoms with van der Waals surface area (Å²) in [6, 6.07) is 3.83. The summed E-state index contributed by atoms with van der Waals surface area (Å²) >= 11 is 5.99. The molecule has 1 aromatic carbocycles. The Balaban J connectivity index is 2.55. The van der Waals surface area contributed by atoms with Gasteiger partial charge in [0.2, 0.25) is 10.0 Å². The predicted molar refractivity (Wildman–Crippen MR) is 64.2 cm³/mol. The number of benzene rings is 1. The Bertz CT molecular complexity index is 524. The molecule has 0 heterocycles. The molecule has 0 amide bonds. The van der Waals surface area contributed by atoms with Crippen LogP contribution in [-0.2, 0) is 10.0 Å². The molecule has 0 aliphatic heterocycles. The molecule has 6 heteroatoms. The van der Waals surface area contributed by atoms with E-state index < -0.39 is 10.0 Å². The summed E-state index contributed by atoms with van der Waals surface area (Å²) in [7, 11) is -3.80. The molecule has 0 aromatic heterocycles. The summed E-state index contributed by atoms with van der Waals surface area (Å²) in [6.07, 6.45) is 2.10. The molecule has 0 atom stereocenters. The molecule has 1 fully saturated rings. The fourth-order valence-electron chi connectivity index (χ4n) is 1.49. The molecule has 3 N–H and O–H groups in total. The summed E-state index contributed by atoms with van der Waals surface area (Å²) in [5.41, 5.74) is 1.20. The van der Waals surface area contributed by atoms with Crippen molar-refractivity contribution in [3.8, 4) is 0 Å². The Labute approximate surface area is 99.8 Å². The van der Waals surface area contributed by atoms with Crippen LogP contribution in [0.4, 0.5) is 5.69 Å². The van der Waals surface area contributed by atoms with Crippen LogP contribution in [0.3, 0.4) is 0 Å². The molecule has 0 saturated heterocycles. The van der Waals surface area contributed by atoms with Crippen LogP contribution in [0.5, 0.6) is 0 Å². The molecular formula is C10H13ClN2O2S. The van der Waals surface area contributed by atoms with Crippen molar-refractivity contribution in [1.29, 1.82) is 0 Å². The summed E-state index contributed by atoms with van der Waals surface area (Å²) in [6.45, 7) is 1.75. The third-order valence-electron chi connectivity index (χ3n) is 2.51. The third kappa shape index (κ3) is 2.31. The van der Waals surface area contributed by atoms with Crippen LogP contribution in [0.25, 0.3) is 0 Å². The van der Waals surface area contributed by atoms with E-state index >= 15 is 0 Å². The summed E-state index contributed by atoms with van der Waals surface area (Å²) in [5.74, 6) is 0. The van der Waals surface area contributed by atoms with Gasteiger partial charge in [0.25, 0.3) is 0 Å². The van der Waals surface area contributed by atoms with Crippen LogP contribution >= 0.6 is 11.6 Å². The Morgan fingerprint density at radius 2 is 2.06 bits per heavy atom. The van der Waals surface area contributed by atoms with E-state index in [0.717, 1.165) is 12.8 Å². The summed E-state index contributed by atoms with van der Waals surface area (Å²) < 4.78 is 23.0. The number of nitrogens with two attached hydrogens (primary N) is 1. The lowest BCUT2D eigenvalue weighted by molar-refractivity contribution is 0.598. The van der Waals surface area contributed by atoms with Crippen LogP contribution in [0, 0.1) is 6.92 Å². The van der Waals surface area contributed by atoms with E-state index in [1.165, 1.54) is 0 Å². The van der Waals surface area contributed by atoms with Gasteiger partial charge in [-0.2, -0.15) is 0 Å². The zero-order valence-corrected chi connectivity index (χ0v) is 10.4. The second-order valence-electron chi connectivity index (χ2n) is 4.04. The zero-order chi connectivity index (χ0) is 11.9. The van der Waals surface area contributed by atoms with Crippen LogP contribution in [0.1, 0.15) is 18.4 Å². The highest BCUT2D eigenvalue weighted by atomic mass is 35.5. The molecule has 88 valence electrons.